The Hall–Kier alpha value is -2.73. The Morgan fingerprint density at radius 1 is 0.839 bits per heavy atom. The summed E-state index contributed by atoms with van der Waals surface area (Å²) in [5.74, 6) is -4.96. The molecular formula is C19H35N5O7. The van der Waals surface area contributed by atoms with Crippen LogP contribution in [0.2, 0.25) is 0 Å². The molecule has 0 spiro atoms. The van der Waals surface area contributed by atoms with Crippen molar-refractivity contribution >= 4 is 29.7 Å². The number of carboxylic acid groups (broad SMARTS) is 2. The normalized spacial score (nSPS) is 14.8. The summed E-state index contributed by atoms with van der Waals surface area (Å²) >= 11 is 0. The maximum absolute atomic E-state index is 12.7. The third-order valence-electron chi connectivity index (χ3n) is 4.39. The van der Waals surface area contributed by atoms with Gasteiger partial charge >= 0.3 is 11.9 Å². The lowest BCUT2D eigenvalue weighted by molar-refractivity contribution is -0.143. The van der Waals surface area contributed by atoms with Crippen LogP contribution < -0.4 is 27.4 Å². The van der Waals surface area contributed by atoms with E-state index < -0.39 is 60.2 Å². The van der Waals surface area contributed by atoms with Crippen molar-refractivity contribution in [2.45, 2.75) is 77.0 Å². The van der Waals surface area contributed by atoms with Crippen molar-refractivity contribution in [1.82, 2.24) is 16.0 Å². The summed E-state index contributed by atoms with van der Waals surface area (Å²) in [6, 6.07) is -4.69. The Morgan fingerprint density at radius 2 is 1.39 bits per heavy atom. The summed E-state index contributed by atoms with van der Waals surface area (Å²) in [7, 11) is 0. The van der Waals surface area contributed by atoms with Crippen molar-refractivity contribution in [2.24, 2.45) is 17.4 Å². The van der Waals surface area contributed by atoms with Gasteiger partial charge in [-0.05, 0) is 38.6 Å². The second kappa shape index (κ2) is 14.3. The number of rotatable bonds is 15. The monoisotopic (exact) mass is 445 g/mol. The summed E-state index contributed by atoms with van der Waals surface area (Å²) < 4.78 is 0. The molecule has 0 rings (SSSR count). The first-order chi connectivity index (χ1) is 14.4. The zero-order chi connectivity index (χ0) is 24.1. The molecule has 178 valence electrons. The van der Waals surface area contributed by atoms with E-state index in [-0.39, 0.29) is 12.3 Å². The van der Waals surface area contributed by atoms with Gasteiger partial charge in [0.25, 0.3) is 0 Å². The van der Waals surface area contributed by atoms with Crippen LogP contribution in [-0.4, -0.2) is 70.6 Å². The average molecular weight is 446 g/mol. The highest BCUT2D eigenvalue weighted by atomic mass is 16.4. The molecule has 0 bridgehead atoms. The third-order valence-corrected chi connectivity index (χ3v) is 4.39. The lowest BCUT2D eigenvalue weighted by Crippen LogP contribution is -2.57. The Bertz CT molecular complexity index is 641. The Labute approximate surface area is 181 Å². The van der Waals surface area contributed by atoms with Crippen molar-refractivity contribution in [2.75, 3.05) is 6.54 Å². The van der Waals surface area contributed by atoms with Crippen LogP contribution in [0.25, 0.3) is 0 Å². The van der Waals surface area contributed by atoms with Gasteiger partial charge in [-0.3, -0.25) is 24.0 Å². The van der Waals surface area contributed by atoms with Crippen LogP contribution in [0, 0.1) is 5.92 Å². The summed E-state index contributed by atoms with van der Waals surface area (Å²) in [4.78, 5) is 59.4. The van der Waals surface area contributed by atoms with E-state index in [1.54, 1.807) is 0 Å². The van der Waals surface area contributed by atoms with Gasteiger partial charge in [-0.15, -0.1) is 0 Å². The minimum absolute atomic E-state index is 0.0108. The lowest BCUT2D eigenvalue weighted by Gasteiger charge is -2.25. The lowest BCUT2D eigenvalue weighted by atomic mass is 10.0. The average Bonchev–Trinajstić information content (AvgIpc) is 2.65. The second-order valence-corrected chi connectivity index (χ2v) is 7.81. The molecule has 0 aliphatic rings. The van der Waals surface area contributed by atoms with Gasteiger partial charge in [-0.2, -0.15) is 0 Å². The molecular weight excluding hydrogens is 410 g/mol. The number of carboxylic acids is 2. The van der Waals surface area contributed by atoms with E-state index in [4.69, 9.17) is 21.7 Å². The molecule has 0 aliphatic carbocycles. The quantitative estimate of drug-likeness (QED) is 0.146. The number of unbranched alkanes of at least 4 members (excludes halogenated alkanes) is 1. The van der Waals surface area contributed by atoms with Crippen molar-refractivity contribution < 1.29 is 34.2 Å². The molecule has 0 heterocycles. The van der Waals surface area contributed by atoms with Gasteiger partial charge in [0.2, 0.25) is 17.7 Å². The maximum atomic E-state index is 12.7. The van der Waals surface area contributed by atoms with Crippen molar-refractivity contribution in [1.29, 1.82) is 0 Å². The summed E-state index contributed by atoms with van der Waals surface area (Å²) in [6.07, 6.45) is 1.20. The van der Waals surface area contributed by atoms with Gasteiger partial charge in [0.1, 0.15) is 18.1 Å². The van der Waals surface area contributed by atoms with E-state index in [1.165, 1.54) is 6.92 Å². The molecule has 4 atom stereocenters. The number of aliphatic carboxylic acids is 2. The summed E-state index contributed by atoms with van der Waals surface area (Å²) in [5.41, 5.74) is 11.3. The highest BCUT2D eigenvalue weighted by Gasteiger charge is 2.31. The number of hydrogen-bond acceptors (Lipinski definition) is 7. The number of hydrogen-bond donors (Lipinski definition) is 7. The molecule has 0 aromatic rings. The first-order valence-corrected chi connectivity index (χ1v) is 10.2. The number of amides is 3. The summed E-state index contributed by atoms with van der Waals surface area (Å²) in [5, 5.41) is 24.9. The van der Waals surface area contributed by atoms with Gasteiger partial charge in [-0.25, -0.2) is 0 Å². The molecule has 9 N–H and O–H groups in total. The van der Waals surface area contributed by atoms with Crippen LogP contribution in [0.5, 0.6) is 0 Å². The summed E-state index contributed by atoms with van der Waals surface area (Å²) in [6.45, 7) is 5.32. The largest absolute Gasteiger partial charge is 0.481 e. The van der Waals surface area contributed by atoms with Gasteiger partial charge < -0.3 is 37.6 Å². The molecule has 0 radical (unpaired) electrons. The third kappa shape index (κ3) is 11.9. The van der Waals surface area contributed by atoms with E-state index in [9.17, 15) is 24.0 Å². The van der Waals surface area contributed by atoms with Crippen molar-refractivity contribution in [3.63, 3.8) is 0 Å². The molecule has 0 aliphatic heterocycles. The number of carbonyl (C=O) groups excluding carboxylic acids is 3. The molecule has 4 unspecified atom stereocenters. The minimum Gasteiger partial charge on any atom is -0.481 e. The Kier molecular flexibility index (Phi) is 13.0. The van der Waals surface area contributed by atoms with Crippen LogP contribution in [0.15, 0.2) is 0 Å². The van der Waals surface area contributed by atoms with Crippen molar-refractivity contribution in [3.05, 3.63) is 0 Å². The highest BCUT2D eigenvalue weighted by molar-refractivity contribution is 5.95. The zero-order valence-electron chi connectivity index (χ0n) is 18.2. The molecule has 12 nitrogen and oxygen atoms in total. The van der Waals surface area contributed by atoms with E-state index >= 15 is 0 Å². The zero-order valence-corrected chi connectivity index (χ0v) is 18.2. The fraction of sp³-hybridized carbons (Fsp3) is 0.737. The Morgan fingerprint density at radius 3 is 1.87 bits per heavy atom. The second-order valence-electron chi connectivity index (χ2n) is 7.81. The smallest absolute Gasteiger partial charge is 0.325 e. The molecule has 0 saturated heterocycles. The van der Waals surface area contributed by atoms with Crippen LogP contribution in [0.1, 0.15) is 52.9 Å². The maximum Gasteiger partial charge on any atom is 0.325 e. The highest BCUT2D eigenvalue weighted by Crippen LogP contribution is 2.08. The molecule has 0 saturated carbocycles. The van der Waals surface area contributed by atoms with Gasteiger partial charge in [0.15, 0.2) is 0 Å². The molecule has 0 aromatic heterocycles. The standard InChI is InChI=1S/C19H35N5O7/c1-10(2)8-13(23-16(27)12(21)6-4-5-7-20)18(29)24-14(9-15(25)26)17(28)22-11(3)19(30)31/h10-14H,4-9,20-21H2,1-3H3,(H,22,28)(H,23,27)(H,24,29)(H,25,26)(H,30,31). The number of nitrogens with one attached hydrogen (secondary N) is 3. The van der Waals surface area contributed by atoms with E-state index in [1.807, 2.05) is 13.8 Å². The van der Waals surface area contributed by atoms with Crippen LogP contribution in [-0.2, 0) is 24.0 Å². The molecule has 31 heavy (non-hydrogen) atoms. The fourth-order valence-electron chi connectivity index (χ4n) is 2.65. The first-order valence-electron chi connectivity index (χ1n) is 10.2. The van der Waals surface area contributed by atoms with Gasteiger partial charge in [-0.1, -0.05) is 20.3 Å². The molecule has 0 fully saturated rings. The van der Waals surface area contributed by atoms with Crippen LogP contribution >= 0.6 is 0 Å². The SMILES string of the molecule is CC(C)CC(NC(=O)C(N)CCCCN)C(=O)NC(CC(=O)O)C(=O)NC(C)C(=O)O. The van der Waals surface area contributed by atoms with E-state index in [0.29, 0.717) is 25.8 Å². The molecule has 3 amide bonds. The predicted molar refractivity (Wildman–Crippen MR) is 112 cm³/mol. The topological polar surface area (TPSA) is 214 Å². The molecule has 0 aromatic carbocycles. The van der Waals surface area contributed by atoms with Crippen molar-refractivity contribution in [3.8, 4) is 0 Å². The van der Waals surface area contributed by atoms with Gasteiger partial charge in [0.05, 0.1) is 12.5 Å². The Balaban J connectivity index is 5.28. The first kappa shape index (κ1) is 28.3. The number of nitrogens with two attached hydrogens (primary N) is 2. The van der Waals surface area contributed by atoms with Crippen LogP contribution in [0.3, 0.4) is 0 Å². The predicted octanol–water partition coefficient (Wildman–Crippen LogP) is -1.48. The van der Waals surface area contributed by atoms with Gasteiger partial charge in [0, 0.05) is 0 Å². The fourth-order valence-corrected chi connectivity index (χ4v) is 2.65. The van der Waals surface area contributed by atoms with E-state index in [0.717, 1.165) is 0 Å². The van der Waals surface area contributed by atoms with E-state index in [2.05, 4.69) is 16.0 Å². The number of carbonyl (C=O) groups is 5. The molecule has 12 heteroatoms. The van der Waals surface area contributed by atoms with Crippen LogP contribution in [0.4, 0.5) is 0 Å². The minimum atomic E-state index is -1.52.